The molecular formula is C9H14N2OS. The zero-order valence-electron chi connectivity index (χ0n) is 8.34. The molecule has 0 amide bonds. The Kier molecular flexibility index (Phi) is 2.81. The summed E-state index contributed by atoms with van der Waals surface area (Å²) in [6.07, 6.45) is 1.89. The summed E-state index contributed by atoms with van der Waals surface area (Å²) in [5.41, 5.74) is 0.684. The fourth-order valence-corrected chi connectivity index (χ4v) is 1.31. The second-order valence-corrected chi connectivity index (χ2v) is 4.68. The Morgan fingerprint density at radius 1 is 1.46 bits per heavy atom. The fourth-order valence-electron chi connectivity index (χ4n) is 0.916. The molecule has 3 nitrogen and oxygen atoms in total. The van der Waals surface area contributed by atoms with E-state index in [1.54, 1.807) is 6.07 Å². The van der Waals surface area contributed by atoms with E-state index in [0.29, 0.717) is 5.16 Å². The second kappa shape index (κ2) is 3.54. The van der Waals surface area contributed by atoms with E-state index in [-0.39, 0.29) is 11.0 Å². The molecular weight excluding hydrogens is 184 g/mol. The lowest BCUT2D eigenvalue weighted by Gasteiger charge is -2.17. The molecule has 4 heteroatoms. The average molecular weight is 198 g/mol. The van der Waals surface area contributed by atoms with Crippen LogP contribution in [0.3, 0.4) is 0 Å². The van der Waals surface area contributed by atoms with Crippen LogP contribution in [0.15, 0.2) is 16.0 Å². The largest absolute Gasteiger partial charge is 0.301 e. The van der Waals surface area contributed by atoms with Gasteiger partial charge in [-0.3, -0.25) is 4.79 Å². The number of hydrogen-bond donors (Lipinski definition) is 1. The van der Waals surface area contributed by atoms with Crippen molar-refractivity contribution in [1.82, 2.24) is 9.97 Å². The van der Waals surface area contributed by atoms with Crippen LogP contribution in [-0.2, 0) is 5.41 Å². The van der Waals surface area contributed by atoms with Gasteiger partial charge in [0.05, 0.1) is 5.69 Å². The summed E-state index contributed by atoms with van der Waals surface area (Å²) in [5.74, 6) is 0. The first-order valence-corrected chi connectivity index (χ1v) is 5.32. The van der Waals surface area contributed by atoms with Gasteiger partial charge in [0.25, 0.3) is 5.56 Å². The molecule has 13 heavy (non-hydrogen) atoms. The maximum absolute atomic E-state index is 11.2. The summed E-state index contributed by atoms with van der Waals surface area (Å²) in [6, 6.07) is 1.56. The highest BCUT2D eigenvalue weighted by atomic mass is 32.2. The highest BCUT2D eigenvalue weighted by Gasteiger charge is 2.16. The number of rotatable bonds is 1. The van der Waals surface area contributed by atoms with Crippen LogP contribution in [0.25, 0.3) is 0 Å². The summed E-state index contributed by atoms with van der Waals surface area (Å²) < 4.78 is 0. The molecule has 0 aliphatic rings. The molecule has 0 saturated carbocycles. The number of nitrogens with zero attached hydrogens (tertiary/aromatic N) is 1. The van der Waals surface area contributed by atoms with Crippen molar-refractivity contribution in [1.29, 1.82) is 0 Å². The van der Waals surface area contributed by atoms with Crippen molar-refractivity contribution in [3.05, 3.63) is 22.1 Å². The summed E-state index contributed by atoms with van der Waals surface area (Å²) >= 11 is 1.45. The van der Waals surface area contributed by atoms with Gasteiger partial charge in [-0.15, -0.1) is 0 Å². The Morgan fingerprint density at radius 3 is 2.54 bits per heavy atom. The quantitative estimate of drug-likeness (QED) is 0.552. The van der Waals surface area contributed by atoms with Crippen LogP contribution in [0, 0.1) is 0 Å². The van der Waals surface area contributed by atoms with Crippen molar-refractivity contribution < 1.29 is 0 Å². The lowest BCUT2D eigenvalue weighted by molar-refractivity contribution is 0.556. The highest BCUT2D eigenvalue weighted by Crippen LogP contribution is 2.19. The summed E-state index contributed by atoms with van der Waals surface area (Å²) in [4.78, 5) is 18.2. The molecule has 0 spiro atoms. The number of thioether (sulfide) groups is 1. The molecule has 0 bridgehead atoms. The number of aromatic nitrogens is 2. The fraction of sp³-hybridized carbons (Fsp3) is 0.556. The third-order valence-electron chi connectivity index (χ3n) is 1.68. The van der Waals surface area contributed by atoms with E-state index in [9.17, 15) is 4.79 Å². The second-order valence-electron chi connectivity index (χ2n) is 3.89. The molecule has 1 rings (SSSR count). The number of H-pyrrole nitrogens is 1. The third kappa shape index (κ3) is 2.59. The third-order valence-corrected chi connectivity index (χ3v) is 2.26. The van der Waals surface area contributed by atoms with Gasteiger partial charge in [-0.25, -0.2) is 4.98 Å². The zero-order chi connectivity index (χ0) is 10.1. The minimum Gasteiger partial charge on any atom is -0.301 e. The SMILES string of the molecule is CSc1nc(C(C)(C)C)cc(=O)[nH]1. The number of nitrogens with one attached hydrogen (secondary N) is 1. The van der Waals surface area contributed by atoms with Gasteiger partial charge in [-0.05, 0) is 6.26 Å². The summed E-state index contributed by atoms with van der Waals surface area (Å²) in [7, 11) is 0. The standard InChI is InChI=1S/C9H14N2OS/c1-9(2,3)6-5-7(12)11-8(10-6)13-4/h5H,1-4H3,(H,10,11,12). The van der Waals surface area contributed by atoms with Crippen molar-refractivity contribution in [3.8, 4) is 0 Å². The molecule has 0 aliphatic carbocycles. The molecule has 1 aromatic heterocycles. The van der Waals surface area contributed by atoms with Gasteiger partial charge in [-0.2, -0.15) is 0 Å². The van der Waals surface area contributed by atoms with Crippen LogP contribution in [0.5, 0.6) is 0 Å². The van der Waals surface area contributed by atoms with E-state index >= 15 is 0 Å². The Bertz CT molecular complexity index is 351. The topological polar surface area (TPSA) is 45.8 Å². The van der Waals surface area contributed by atoms with E-state index in [1.807, 2.05) is 27.0 Å². The van der Waals surface area contributed by atoms with Gasteiger partial charge in [-0.1, -0.05) is 32.5 Å². The van der Waals surface area contributed by atoms with E-state index in [4.69, 9.17) is 0 Å². The van der Waals surface area contributed by atoms with Gasteiger partial charge in [0, 0.05) is 11.5 Å². The van der Waals surface area contributed by atoms with E-state index in [2.05, 4.69) is 9.97 Å². The first-order valence-electron chi connectivity index (χ1n) is 4.09. The molecule has 0 aromatic carbocycles. The van der Waals surface area contributed by atoms with Crippen molar-refractivity contribution >= 4 is 11.8 Å². The predicted octanol–water partition coefficient (Wildman–Crippen LogP) is 1.79. The van der Waals surface area contributed by atoms with Crippen LogP contribution in [0.4, 0.5) is 0 Å². The molecule has 0 aliphatic heterocycles. The minimum absolute atomic E-state index is 0.0707. The van der Waals surface area contributed by atoms with E-state index in [0.717, 1.165) is 5.69 Å². The highest BCUT2D eigenvalue weighted by molar-refractivity contribution is 7.98. The minimum atomic E-state index is -0.0794. The molecule has 1 heterocycles. The molecule has 0 atom stereocenters. The Balaban J connectivity index is 3.24. The van der Waals surface area contributed by atoms with Gasteiger partial charge < -0.3 is 4.98 Å². The monoisotopic (exact) mass is 198 g/mol. The van der Waals surface area contributed by atoms with Crippen molar-refractivity contribution in [2.75, 3.05) is 6.26 Å². The maximum atomic E-state index is 11.2. The Labute approximate surface area is 82.0 Å². The molecule has 0 radical (unpaired) electrons. The van der Waals surface area contributed by atoms with E-state index < -0.39 is 0 Å². The van der Waals surface area contributed by atoms with Crippen molar-refractivity contribution in [2.24, 2.45) is 0 Å². The summed E-state index contributed by atoms with van der Waals surface area (Å²) in [5, 5.41) is 0.678. The lowest BCUT2D eigenvalue weighted by Crippen LogP contribution is -2.19. The molecule has 1 aromatic rings. The van der Waals surface area contributed by atoms with Crippen LogP contribution in [0.1, 0.15) is 26.5 Å². The predicted molar refractivity (Wildman–Crippen MR) is 55.3 cm³/mol. The van der Waals surface area contributed by atoms with Gasteiger partial charge in [0.2, 0.25) is 0 Å². The Hall–Kier alpha value is -0.770. The normalized spacial score (nSPS) is 11.7. The lowest BCUT2D eigenvalue weighted by atomic mass is 9.92. The van der Waals surface area contributed by atoms with Gasteiger partial charge >= 0.3 is 0 Å². The molecule has 0 saturated heterocycles. The van der Waals surface area contributed by atoms with E-state index in [1.165, 1.54) is 11.8 Å². The molecule has 1 N–H and O–H groups in total. The molecule has 72 valence electrons. The van der Waals surface area contributed by atoms with Gasteiger partial charge in [0.1, 0.15) is 0 Å². The Morgan fingerprint density at radius 2 is 2.08 bits per heavy atom. The summed E-state index contributed by atoms with van der Waals surface area (Å²) in [6.45, 7) is 6.12. The van der Waals surface area contributed by atoms with Crippen LogP contribution in [0.2, 0.25) is 0 Å². The molecule has 0 unspecified atom stereocenters. The van der Waals surface area contributed by atoms with Crippen molar-refractivity contribution in [2.45, 2.75) is 31.3 Å². The van der Waals surface area contributed by atoms with Crippen LogP contribution >= 0.6 is 11.8 Å². The first kappa shape index (κ1) is 10.3. The zero-order valence-corrected chi connectivity index (χ0v) is 9.16. The number of hydrogen-bond acceptors (Lipinski definition) is 3. The maximum Gasteiger partial charge on any atom is 0.251 e. The van der Waals surface area contributed by atoms with Crippen LogP contribution in [-0.4, -0.2) is 16.2 Å². The van der Waals surface area contributed by atoms with Crippen LogP contribution < -0.4 is 5.56 Å². The first-order chi connectivity index (χ1) is 5.93. The average Bonchev–Trinajstić information content (AvgIpc) is 2.01. The number of aromatic amines is 1. The molecule has 0 fully saturated rings. The van der Waals surface area contributed by atoms with Gasteiger partial charge in [0.15, 0.2) is 5.16 Å². The van der Waals surface area contributed by atoms with Crippen molar-refractivity contribution in [3.63, 3.8) is 0 Å². The smallest absolute Gasteiger partial charge is 0.251 e.